The van der Waals surface area contributed by atoms with Crippen molar-refractivity contribution in [1.29, 1.82) is 0 Å². The molecule has 0 fully saturated rings. The van der Waals surface area contributed by atoms with Crippen LogP contribution in [0.1, 0.15) is 6.42 Å². The summed E-state index contributed by atoms with van der Waals surface area (Å²) in [5.74, 6) is 0.143. The molecule has 0 atom stereocenters. The number of rotatable bonds is 4. The van der Waals surface area contributed by atoms with Crippen LogP contribution in [0.2, 0.25) is 10.2 Å². The van der Waals surface area contributed by atoms with E-state index < -0.39 is 0 Å². The maximum Gasteiger partial charge on any atom is 0.220 e. The third-order valence-electron chi connectivity index (χ3n) is 2.30. The molecular weight excluding hydrogens is 273 g/mol. The van der Waals surface area contributed by atoms with Crippen molar-refractivity contribution in [2.75, 3.05) is 5.73 Å². The van der Waals surface area contributed by atoms with Crippen LogP contribution in [0, 0.1) is 0 Å². The van der Waals surface area contributed by atoms with Crippen LogP contribution in [-0.4, -0.2) is 19.7 Å². The fourth-order valence-electron chi connectivity index (χ4n) is 1.46. The number of anilines is 1. The highest BCUT2D eigenvalue weighted by Gasteiger charge is 2.14. The second-order valence-corrected chi connectivity index (χ2v) is 4.36. The molecule has 2 aromatic heterocycles. The van der Waals surface area contributed by atoms with Gasteiger partial charge in [0.2, 0.25) is 5.95 Å². The summed E-state index contributed by atoms with van der Waals surface area (Å²) in [6, 6.07) is 0. The van der Waals surface area contributed by atoms with E-state index in [9.17, 15) is 0 Å². The largest absolute Gasteiger partial charge is 0.368 e. The van der Waals surface area contributed by atoms with Gasteiger partial charge in [0.15, 0.2) is 5.15 Å². The minimum atomic E-state index is 0.143. The molecule has 0 aliphatic carbocycles. The van der Waals surface area contributed by atoms with Gasteiger partial charge in [0.25, 0.3) is 0 Å². The molecule has 0 saturated carbocycles. The van der Waals surface area contributed by atoms with E-state index in [1.165, 1.54) is 6.20 Å². The lowest BCUT2D eigenvalue weighted by atomic mass is 10.2. The molecule has 0 aliphatic rings. The molecule has 0 aliphatic heterocycles. The first-order chi connectivity index (χ1) is 8.61. The quantitative estimate of drug-likeness (QED) is 0.876. The first-order valence-electron chi connectivity index (χ1n) is 5.24. The Morgan fingerprint density at radius 2 is 2.22 bits per heavy atom. The zero-order valence-corrected chi connectivity index (χ0v) is 11.0. The van der Waals surface area contributed by atoms with Crippen LogP contribution in [0.15, 0.2) is 25.0 Å². The van der Waals surface area contributed by atoms with Crippen molar-refractivity contribution in [1.82, 2.24) is 19.7 Å². The summed E-state index contributed by atoms with van der Waals surface area (Å²) in [6.45, 7) is 4.35. The number of aromatic nitrogens is 4. The predicted molar refractivity (Wildman–Crippen MR) is 72.5 cm³/mol. The highest BCUT2D eigenvalue weighted by Crippen LogP contribution is 2.30. The molecule has 2 rings (SSSR count). The Labute approximate surface area is 114 Å². The number of nitrogen functional groups attached to an aromatic ring is 1. The molecule has 2 N–H and O–H groups in total. The molecule has 94 valence electrons. The number of nitrogens with two attached hydrogens (primary N) is 1. The average Bonchev–Trinajstić information content (AvgIpc) is 2.71. The van der Waals surface area contributed by atoms with Crippen molar-refractivity contribution in [3.05, 3.63) is 35.2 Å². The molecule has 0 aromatic carbocycles. The van der Waals surface area contributed by atoms with Crippen molar-refractivity contribution in [2.45, 2.75) is 13.0 Å². The maximum absolute atomic E-state index is 6.07. The van der Waals surface area contributed by atoms with E-state index in [0.717, 1.165) is 6.42 Å². The monoisotopic (exact) mass is 283 g/mol. The van der Waals surface area contributed by atoms with E-state index >= 15 is 0 Å². The Kier molecular flexibility index (Phi) is 3.84. The Bertz CT molecular complexity index is 579. The van der Waals surface area contributed by atoms with Crippen LogP contribution in [0.4, 0.5) is 5.95 Å². The number of nitrogens with zero attached hydrogens (tertiary/aromatic N) is 4. The SMILES string of the molecule is C=CCCn1cc(-c2nc(N)ncc2Cl)c(Cl)n1. The van der Waals surface area contributed by atoms with E-state index in [-0.39, 0.29) is 5.95 Å². The van der Waals surface area contributed by atoms with Gasteiger partial charge in [-0.1, -0.05) is 29.3 Å². The van der Waals surface area contributed by atoms with Crippen LogP contribution >= 0.6 is 23.2 Å². The molecule has 0 unspecified atom stereocenters. The van der Waals surface area contributed by atoms with Gasteiger partial charge in [-0.2, -0.15) is 5.10 Å². The molecule has 2 heterocycles. The summed E-state index contributed by atoms with van der Waals surface area (Å²) in [5, 5.41) is 4.89. The summed E-state index contributed by atoms with van der Waals surface area (Å²) in [5.41, 5.74) is 6.66. The lowest BCUT2D eigenvalue weighted by molar-refractivity contribution is 0.624. The van der Waals surface area contributed by atoms with Gasteiger partial charge in [-0.3, -0.25) is 4.68 Å². The van der Waals surface area contributed by atoms with Gasteiger partial charge in [-0.05, 0) is 6.42 Å². The van der Waals surface area contributed by atoms with Gasteiger partial charge >= 0.3 is 0 Å². The van der Waals surface area contributed by atoms with E-state index in [0.29, 0.717) is 28.0 Å². The Balaban J connectivity index is 2.40. The third kappa shape index (κ3) is 2.63. The van der Waals surface area contributed by atoms with Gasteiger partial charge in [-0.25, -0.2) is 9.97 Å². The summed E-state index contributed by atoms with van der Waals surface area (Å²) in [6.07, 6.45) is 5.83. The third-order valence-corrected chi connectivity index (χ3v) is 2.85. The topological polar surface area (TPSA) is 69.6 Å². The van der Waals surface area contributed by atoms with Crippen molar-refractivity contribution in [3.8, 4) is 11.3 Å². The Hall–Kier alpha value is -1.59. The summed E-state index contributed by atoms with van der Waals surface area (Å²) >= 11 is 12.1. The standard InChI is InChI=1S/C11H11Cl2N5/c1-2-3-4-18-6-7(10(13)17-18)9-8(12)5-15-11(14)16-9/h2,5-6H,1,3-4H2,(H2,14,15,16). The Morgan fingerprint density at radius 3 is 2.94 bits per heavy atom. The molecular formula is C11H11Cl2N5. The van der Waals surface area contributed by atoms with Crippen molar-refractivity contribution in [3.63, 3.8) is 0 Å². The van der Waals surface area contributed by atoms with Crippen LogP contribution in [0.3, 0.4) is 0 Å². The normalized spacial score (nSPS) is 10.6. The number of aryl methyl sites for hydroxylation is 1. The molecule has 0 radical (unpaired) electrons. The van der Waals surface area contributed by atoms with E-state index in [1.807, 2.05) is 6.08 Å². The zero-order chi connectivity index (χ0) is 13.1. The number of allylic oxidation sites excluding steroid dienone is 1. The highest BCUT2D eigenvalue weighted by atomic mass is 35.5. The Morgan fingerprint density at radius 1 is 1.44 bits per heavy atom. The lowest BCUT2D eigenvalue weighted by Gasteiger charge is -2.01. The smallest absolute Gasteiger partial charge is 0.220 e. The van der Waals surface area contributed by atoms with E-state index in [2.05, 4.69) is 21.6 Å². The fraction of sp³-hybridized carbons (Fsp3) is 0.182. The van der Waals surface area contributed by atoms with Gasteiger partial charge in [0.1, 0.15) is 0 Å². The highest BCUT2D eigenvalue weighted by molar-refractivity contribution is 6.35. The molecule has 0 amide bonds. The van der Waals surface area contributed by atoms with Crippen molar-refractivity contribution >= 4 is 29.2 Å². The number of halogens is 2. The van der Waals surface area contributed by atoms with E-state index in [4.69, 9.17) is 28.9 Å². The minimum absolute atomic E-state index is 0.143. The molecule has 0 bridgehead atoms. The summed E-state index contributed by atoms with van der Waals surface area (Å²) < 4.78 is 1.72. The first kappa shape index (κ1) is 12.9. The van der Waals surface area contributed by atoms with Crippen LogP contribution in [-0.2, 0) is 6.54 Å². The maximum atomic E-state index is 6.07. The summed E-state index contributed by atoms with van der Waals surface area (Å²) in [4.78, 5) is 7.88. The van der Waals surface area contributed by atoms with Gasteiger partial charge in [0, 0.05) is 12.7 Å². The van der Waals surface area contributed by atoms with Gasteiger partial charge in [0.05, 0.1) is 22.5 Å². The lowest BCUT2D eigenvalue weighted by Crippen LogP contribution is -1.97. The summed E-state index contributed by atoms with van der Waals surface area (Å²) in [7, 11) is 0. The molecule has 0 saturated heterocycles. The van der Waals surface area contributed by atoms with Gasteiger partial charge in [-0.15, -0.1) is 6.58 Å². The fourth-order valence-corrected chi connectivity index (χ4v) is 1.89. The molecule has 2 aromatic rings. The molecule has 0 spiro atoms. The molecule has 7 heteroatoms. The second kappa shape index (κ2) is 5.37. The van der Waals surface area contributed by atoms with Crippen LogP contribution in [0.5, 0.6) is 0 Å². The van der Waals surface area contributed by atoms with Gasteiger partial charge < -0.3 is 5.73 Å². The number of hydrogen-bond acceptors (Lipinski definition) is 4. The van der Waals surface area contributed by atoms with E-state index in [1.54, 1.807) is 10.9 Å². The zero-order valence-electron chi connectivity index (χ0n) is 9.48. The second-order valence-electron chi connectivity index (χ2n) is 3.60. The predicted octanol–water partition coefficient (Wildman–Crippen LogP) is 2.81. The van der Waals surface area contributed by atoms with Crippen LogP contribution < -0.4 is 5.73 Å². The van der Waals surface area contributed by atoms with Crippen LogP contribution in [0.25, 0.3) is 11.3 Å². The first-order valence-corrected chi connectivity index (χ1v) is 5.99. The average molecular weight is 284 g/mol. The molecule has 5 nitrogen and oxygen atoms in total. The van der Waals surface area contributed by atoms with Crippen molar-refractivity contribution in [2.24, 2.45) is 0 Å². The number of hydrogen-bond donors (Lipinski definition) is 1. The molecule has 18 heavy (non-hydrogen) atoms. The minimum Gasteiger partial charge on any atom is -0.368 e. The van der Waals surface area contributed by atoms with Crippen molar-refractivity contribution < 1.29 is 0 Å².